The number of hydrogen-bond donors (Lipinski definition) is 0. The summed E-state index contributed by atoms with van der Waals surface area (Å²) in [6.07, 6.45) is 6.97. The van der Waals surface area contributed by atoms with Gasteiger partial charge in [-0.15, -0.1) is 11.6 Å². The topological polar surface area (TPSA) is 17.1 Å². The Morgan fingerprint density at radius 1 is 1.10 bits per heavy atom. The molecule has 4 aliphatic carbocycles. The SMILES string of the molecule is O=C(CC1C2C[C@@H]3C[C@H](C2)CC1(Cl)C3)c1ccccc1. The van der Waals surface area contributed by atoms with E-state index in [1.807, 2.05) is 30.3 Å². The van der Waals surface area contributed by atoms with E-state index in [0.717, 1.165) is 30.2 Å². The van der Waals surface area contributed by atoms with Crippen LogP contribution in [0.3, 0.4) is 0 Å². The maximum absolute atomic E-state index is 12.5. The quantitative estimate of drug-likeness (QED) is 0.582. The van der Waals surface area contributed by atoms with E-state index in [-0.39, 0.29) is 10.7 Å². The van der Waals surface area contributed by atoms with Gasteiger partial charge in [-0.3, -0.25) is 4.79 Å². The van der Waals surface area contributed by atoms with Crippen LogP contribution in [0.1, 0.15) is 48.9 Å². The van der Waals surface area contributed by atoms with E-state index < -0.39 is 0 Å². The van der Waals surface area contributed by atoms with Gasteiger partial charge < -0.3 is 0 Å². The van der Waals surface area contributed by atoms with Crippen LogP contribution in [0.15, 0.2) is 30.3 Å². The average Bonchev–Trinajstić information content (AvgIpc) is 2.42. The highest BCUT2D eigenvalue weighted by Gasteiger charge is 2.56. The van der Waals surface area contributed by atoms with Crippen molar-refractivity contribution < 1.29 is 4.79 Å². The minimum absolute atomic E-state index is 0.0702. The smallest absolute Gasteiger partial charge is 0.163 e. The van der Waals surface area contributed by atoms with Crippen LogP contribution in [0, 0.1) is 23.7 Å². The largest absolute Gasteiger partial charge is 0.294 e. The number of carbonyl (C=O) groups is 1. The summed E-state index contributed by atoms with van der Waals surface area (Å²) in [5, 5.41) is 0. The fourth-order valence-corrected chi connectivity index (χ4v) is 6.03. The average molecular weight is 289 g/mol. The third kappa shape index (κ3) is 2.02. The molecule has 1 aromatic carbocycles. The van der Waals surface area contributed by atoms with E-state index in [2.05, 4.69) is 0 Å². The van der Waals surface area contributed by atoms with Gasteiger partial charge in [0.15, 0.2) is 5.78 Å². The molecule has 0 N–H and O–H groups in total. The van der Waals surface area contributed by atoms with Crippen LogP contribution in [0.25, 0.3) is 0 Å². The molecule has 2 heteroatoms. The Balaban J connectivity index is 1.55. The second-order valence-electron chi connectivity index (χ2n) is 7.24. The number of benzene rings is 1. The lowest BCUT2D eigenvalue weighted by atomic mass is 9.50. The molecule has 4 fully saturated rings. The number of halogens is 1. The van der Waals surface area contributed by atoms with Crippen LogP contribution in [0.5, 0.6) is 0 Å². The number of Topliss-reactive ketones (excluding diaryl/α,β-unsaturated/α-hetero) is 1. The second kappa shape index (κ2) is 4.59. The Morgan fingerprint density at radius 2 is 1.75 bits per heavy atom. The van der Waals surface area contributed by atoms with Gasteiger partial charge in [-0.05, 0) is 55.8 Å². The highest BCUT2D eigenvalue weighted by Crippen LogP contribution is 2.62. The second-order valence-corrected chi connectivity index (χ2v) is 7.99. The first kappa shape index (κ1) is 12.9. The zero-order valence-corrected chi connectivity index (χ0v) is 12.5. The highest BCUT2D eigenvalue weighted by atomic mass is 35.5. The van der Waals surface area contributed by atoms with Crippen molar-refractivity contribution in [1.29, 1.82) is 0 Å². The standard InChI is InChI=1S/C18H21ClO/c19-18-10-12-6-13(11-18)8-15(7-12)16(18)9-17(20)14-4-2-1-3-5-14/h1-5,12-13,15-16H,6-11H2/t12-,13+,15?,16?,18?. The van der Waals surface area contributed by atoms with Gasteiger partial charge in [-0.2, -0.15) is 0 Å². The predicted molar refractivity (Wildman–Crippen MR) is 81.0 cm³/mol. The van der Waals surface area contributed by atoms with Gasteiger partial charge >= 0.3 is 0 Å². The molecule has 0 heterocycles. The fourth-order valence-electron chi connectivity index (χ4n) is 5.34. The van der Waals surface area contributed by atoms with Gasteiger partial charge in [0.2, 0.25) is 0 Å². The zero-order chi connectivity index (χ0) is 13.7. The van der Waals surface area contributed by atoms with Gasteiger partial charge in [-0.25, -0.2) is 0 Å². The summed E-state index contributed by atoms with van der Waals surface area (Å²) in [5.41, 5.74) is 0.849. The Kier molecular flexibility index (Phi) is 2.96. The summed E-state index contributed by atoms with van der Waals surface area (Å²) in [7, 11) is 0. The third-order valence-corrected chi connectivity index (χ3v) is 6.52. The molecule has 5 rings (SSSR count). The van der Waals surface area contributed by atoms with Gasteiger partial charge in [-0.1, -0.05) is 30.3 Å². The van der Waals surface area contributed by atoms with E-state index >= 15 is 0 Å². The van der Waals surface area contributed by atoms with Crippen molar-refractivity contribution in [2.24, 2.45) is 23.7 Å². The van der Waals surface area contributed by atoms with Crippen molar-refractivity contribution in [3.63, 3.8) is 0 Å². The molecule has 0 saturated heterocycles. The number of ketones is 1. The first-order valence-electron chi connectivity index (χ1n) is 7.91. The molecule has 20 heavy (non-hydrogen) atoms. The molecule has 0 amide bonds. The molecule has 3 unspecified atom stereocenters. The predicted octanol–water partition coefficient (Wildman–Crippen LogP) is 4.69. The zero-order valence-electron chi connectivity index (χ0n) is 11.7. The molecule has 4 saturated carbocycles. The van der Waals surface area contributed by atoms with Gasteiger partial charge in [0.05, 0.1) is 0 Å². The minimum atomic E-state index is -0.0702. The molecule has 0 spiro atoms. The van der Waals surface area contributed by atoms with Crippen LogP contribution in [-0.2, 0) is 0 Å². The number of rotatable bonds is 3. The molecular formula is C18H21ClO. The lowest BCUT2D eigenvalue weighted by Gasteiger charge is -2.58. The van der Waals surface area contributed by atoms with E-state index in [1.54, 1.807) is 0 Å². The van der Waals surface area contributed by atoms with Crippen molar-refractivity contribution in [3.8, 4) is 0 Å². The summed E-state index contributed by atoms with van der Waals surface area (Å²) in [6, 6.07) is 9.71. The maximum atomic E-state index is 12.5. The highest BCUT2D eigenvalue weighted by molar-refractivity contribution is 6.24. The molecule has 106 valence electrons. The maximum Gasteiger partial charge on any atom is 0.163 e. The Hall–Kier alpha value is -0.820. The van der Waals surface area contributed by atoms with Gasteiger partial charge in [0.1, 0.15) is 0 Å². The molecule has 0 aromatic heterocycles. The number of carbonyl (C=O) groups excluding carboxylic acids is 1. The monoisotopic (exact) mass is 288 g/mol. The summed E-state index contributed by atoms with van der Waals surface area (Å²) >= 11 is 6.98. The molecule has 4 aliphatic rings. The van der Waals surface area contributed by atoms with Gasteiger partial charge in [0, 0.05) is 16.9 Å². The molecule has 4 bridgehead atoms. The van der Waals surface area contributed by atoms with Crippen LogP contribution in [-0.4, -0.2) is 10.7 Å². The van der Waals surface area contributed by atoms with E-state index in [1.165, 1.54) is 19.3 Å². The van der Waals surface area contributed by atoms with E-state index in [9.17, 15) is 4.79 Å². The normalized spacial score (nSPS) is 41.9. The van der Waals surface area contributed by atoms with Crippen molar-refractivity contribution in [2.45, 2.75) is 43.4 Å². The fraction of sp³-hybridized carbons (Fsp3) is 0.611. The number of hydrogen-bond acceptors (Lipinski definition) is 1. The van der Waals surface area contributed by atoms with Crippen LogP contribution in [0.4, 0.5) is 0 Å². The van der Waals surface area contributed by atoms with Crippen LogP contribution >= 0.6 is 11.6 Å². The van der Waals surface area contributed by atoms with Crippen LogP contribution < -0.4 is 0 Å². The first-order chi connectivity index (χ1) is 9.64. The van der Waals surface area contributed by atoms with Crippen molar-refractivity contribution in [2.75, 3.05) is 0 Å². The van der Waals surface area contributed by atoms with E-state index in [4.69, 9.17) is 11.6 Å². The summed E-state index contributed by atoms with van der Waals surface area (Å²) in [5.74, 6) is 3.07. The summed E-state index contributed by atoms with van der Waals surface area (Å²) < 4.78 is 0. The number of alkyl halides is 1. The molecule has 0 radical (unpaired) electrons. The summed E-state index contributed by atoms with van der Waals surface area (Å²) in [6.45, 7) is 0. The lowest BCUT2D eigenvalue weighted by Crippen LogP contribution is -2.54. The Morgan fingerprint density at radius 3 is 2.35 bits per heavy atom. The van der Waals surface area contributed by atoms with E-state index in [0.29, 0.717) is 18.3 Å². The Labute approximate surface area is 125 Å². The van der Waals surface area contributed by atoms with Crippen molar-refractivity contribution >= 4 is 17.4 Å². The van der Waals surface area contributed by atoms with Crippen LogP contribution in [0.2, 0.25) is 0 Å². The Bertz CT molecular complexity index is 509. The minimum Gasteiger partial charge on any atom is -0.294 e. The molecule has 1 nitrogen and oxygen atoms in total. The molecule has 0 aliphatic heterocycles. The molecular weight excluding hydrogens is 268 g/mol. The molecule has 1 aromatic rings. The van der Waals surface area contributed by atoms with Gasteiger partial charge in [0.25, 0.3) is 0 Å². The first-order valence-corrected chi connectivity index (χ1v) is 8.29. The molecule has 5 atom stereocenters. The summed E-state index contributed by atoms with van der Waals surface area (Å²) in [4.78, 5) is 12.5. The lowest BCUT2D eigenvalue weighted by molar-refractivity contribution is -0.0208. The third-order valence-electron chi connectivity index (χ3n) is 5.93. The van der Waals surface area contributed by atoms with Crippen molar-refractivity contribution in [1.82, 2.24) is 0 Å². The van der Waals surface area contributed by atoms with Crippen molar-refractivity contribution in [3.05, 3.63) is 35.9 Å².